The number of fused-ring (bicyclic) bond motifs is 3. The summed E-state index contributed by atoms with van der Waals surface area (Å²) in [5.74, 6) is 0.840. The molecule has 1 saturated carbocycles. The third-order valence-electron chi connectivity index (χ3n) is 5.89. The van der Waals surface area contributed by atoms with Crippen LogP contribution in [0.5, 0.6) is 11.6 Å². The second kappa shape index (κ2) is 6.28. The van der Waals surface area contributed by atoms with Gasteiger partial charge >= 0.3 is 0 Å². The minimum Gasteiger partial charge on any atom is -0.483 e. The van der Waals surface area contributed by atoms with Crippen LogP contribution in [-0.2, 0) is 6.54 Å². The summed E-state index contributed by atoms with van der Waals surface area (Å²) < 4.78 is 27.6. The van der Waals surface area contributed by atoms with E-state index in [0.717, 1.165) is 19.0 Å². The van der Waals surface area contributed by atoms with Crippen LogP contribution in [0.15, 0.2) is 24.7 Å². The van der Waals surface area contributed by atoms with Gasteiger partial charge in [-0.05, 0) is 25.8 Å². The van der Waals surface area contributed by atoms with Crippen molar-refractivity contribution >= 4 is 17.4 Å². The number of ether oxygens (including phenoxy) is 2. The fourth-order valence-electron chi connectivity index (χ4n) is 4.24. The molecule has 6 rings (SSSR count). The molecule has 30 heavy (non-hydrogen) atoms. The van der Waals surface area contributed by atoms with Crippen molar-refractivity contribution in [2.24, 2.45) is 0 Å². The normalized spacial score (nSPS) is 24.9. The lowest BCUT2D eigenvalue weighted by molar-refractivity contribution is 0.0715. The summed E-state index contributed by atoms with van der Waals surface area (Å²) in [6.45, 7) is 2.41. The molecule has 0 saturated heterocycles. The van der Waals surface area contributed by atoms with Gasteiger partial charge in [0.25, 0.3) is 5.91 Å². The first kappa shape index (κ1) is 17.4. The van der Waals surface area contributed by atoms with Crippen LogP contribution in [0.2, 0.25) is 0 Å². The molecule has 3 atom stereocenters. The number of halogens is 1. The van der Waals surface area contributed by atoms with E-state index >= 15 is 0 Å². The highest BCUT2D eigenvalue weighted by molar-refractivity contribution is 6.00. The number of carbonyl (C=O) groups excluding carboxylic acids is 1. The van der Waals surface area contributed by atoms with Crippen molar-refractivity contribution in [1.82, 2.24) is 24.9 Å². The van der Waals surface area contributed by atoms with Gasteiger partial charge in [0.1, 0.15) is 24.1 Å². The molecule has 0 unspecified atom stereocenters. The zero-order valence-electron chi connectivity index (χ0n) is 16.2. The molecule has 10 heteroatoms. The quantitative estimate of drug-likeness (QED) is 0.603. The summed E-state index contributed by atoms with van der Waals surface area (Å²) >= 11 is 0. The van der Waals surface area contributed by atoms with E-state index in [1.54, 1.807) is 10.7 Å². The lowest BCUT2D eigenvalue weighted by Crippen LogP contribution is -2.56. The number of aromatic nitrogens is 4. The summed E-state index contributed by atoms with van der Waals surface area (Å²) in [5, 5.41) is 7.17. The molecule has 9 nitrogen and oxygen atoms in total. The largest absolute Gasteiger partial charge is 0.483 e. The van der Waals surface area contributed by atoms with Gasteiger partial charge in [0.05, 0.1) is 37.2 Å². The van der Waals surface area contributed by atoms with Gasteiger partial charge in [-0.15, -0.1) is 0 Å². The molecule has 1 fully saturated rings. The van der Waals surface area contributed by atoms with Crippen LogP contribution in [-0.4, -0.2) is 50.3 Å². The number of pyridine rings is 1. The third kappa shape index (κ3) is 2.59. The van der Waals surface area contributed by atoms with Gasteiger partial charge in [-0.1, -0.05) is 0 Å². The molecule has 3 aromatic heterocycles. The number of hydrogen-bond donors (Lipinski definition) is 1. The maximum atomic E-state index is 14.0. The summed E-state index contributed by atoms with van der Waals surface area (Å²) in [4.78, 5) is 23.8. The molecule has 1 N–H and O–H groups in total. The molecular weight excluding hydrogens is 391 g/mol. The van der Waals surface area contributed by atoms with E-state index in [2.05, 4.69) is 20.3 Å². The molecule has 5 heterocycles. The van der Waals surface area contributed by atoms with Crippen molar-refractivity contribution in [3.8, 4) is 11.6 Å². The molecular formula is C20H19FN6O3. The Hall–Kier alpha value is -3.43. The summed E-state index contributed by atoms with van der Waals surface area (Å²) in [6, 6.07) is 1.27. The molecule has 2 aliphatic heterocycles. The summed E-state index contributed by atoms with van der Waals surface area (Å²) in [6.07, 6.45) is 6.31. The summed E-state index contributed by atoms with van der Waals surface area (Å²) in [5.41, 5.74) is 1.45. The van der Waals surface area contributed by atoms with Crippen LogP contribution in [0.25, 0.3) is 5.65 Å². The first-order valence-electron chi connectivity index (χ1n) is 9.96. The first-order valence-corrected chi connectivity index (χ1v) is 9.96. The van der Waals surface area contributed by atoms with Crippen LogP contribution in [0, 0.1) is 5.82 Å². The number of carbonyl (C=O) groups is 1. The predicted octanol–water partition coefficient (Wildman–Crippen LogP) is 1.70. The average molecular weight is 410 g/mol. The molecule has 0 radical (unpaired) electrons. The SMILES string of the molecule is C[C@@H]1COc2ncc(F)cc2CN2c3nc4c(cnn4cc3O[C@@H]3CC[C@@H]32)C(=O)N1. The minimum absolute atomic E-state index is 0.0386. The Morgan fingerprint density at radius 2 is 2.20 bits per heavy atom. The van der Waals surface area contributed by atoms with Gasteiger partial charge in [-0.3, -0.25) is 4.79 Å². The predicted molar refractivity (Wildman–Crippen MR) is 103 cm³/mol. The number of nitrogens with one attached hydrogen (secondary N) is 1. The van der Waals surface area contributed by atoms with Gasteiger partial charge < -0.3 is 19.7 Å². The Kier molecular flexibility index (Phi) is 3.65. The number of rotatable bonds is 0. The van der Waals surface area contributed by atoms with Gasteiger partial charge in [-0.25, -0.2) is 18.9 Å². The highest BCUT2D eigenvalue weighted by atomic mass is 19.1. The lowest BCUT2D eigenvalue weighted by Gasteiger charge is -2.48. The fraction of sp³-hybridized carbons (Fsp3) is 0.400. The molecule has 1 amide bonds. The first-order chi connectivity index (χ1) is 14.6. The van der Waals surface area contributed by atoms with E-state index in [1.807, 2.05) is 6.92 Å². The van der Waals surface area contributed by atoms with Crippen molar-refractivity contribution in [2.75, 3.05) is 11.5 Å². The van der Waals surface area contributed by atoms with Crippen LogP contribution < -0.4 is 19.7 Å². The Morgan fingerprint density at radius 1 is 1.30 bits per heavy atom. The van der Waals surface area contributed by atoms with Gasteiger partial charge in [0, 0.05) is 5.56 Å². The topological polar surface area (TPSA) is 93.9 Å². The van der Waals surface area contributed by atoms with Crippen LogP contribution >= 0.6 is 0 Å². The Morgan fingerprint density at radius 3 is 3.03 bits per heavy atom. The maximum Gasteiger partial charge on any atom is 0.257 e. The van der Waals surface area contributed by atoms with E-state index in [0.29, 0.717) is 40.8 Å². The zero-order chi connectivity index (χ0) is 20.4. The van der Waals surface area contributed by atoms with Gasteiger partial charge in [0.15, 0.2) is 17.2 Å². The Balaban J connectivity index is 1.55. The highest BCUT2D eigenvalue weighted by Crippen LogP contribution is 2.43. The van der Waals surface area contributed by atoms with E-state index in [4.69, 9.17) is 14.5 Å². The van der Waals surface area contributed by atoms with Crippen LogP contribution in [0.4, 0.5) is 10.2 Å². The maximum absolute atomic E-state index is 14.0. The monoisotopic (exact) mass is 410 g/mol. The number of hydrogen-bond acceptors (Lipinski definition) is 7. The third-order valence-corrected chi connectivity index (χ3v) is 5.89. The van der Waals surface area contributed by atoms with E-state index in [1.165, 1.54) is 12.3 Å². The molecule has 0 spiro atoms. The van der Waals surface area contributed by atoms with Crippen molar-refractivity contribution in [2.45, 2.75) is 44.5 Å². The fourth-order valence-corrected chi connectivity index (χ4v) is 4.24. The van der Waals surface area contributed by atoms with Crippen LogP contribution in [0.1, 0.15) is 35.7 Å². The smallest absolute Gasteiger partial charge is 0.257 e. The number of amides is 1. The molecule has 3 aromatic rings. The van der Waals surface area contributed by atoms with E-state index in [-0.39, 0.29) is 30.7 Å². The van der Waals surface area contributed by atoms with Crippen molar-refractivity contribution in [3.63, 3.8) is 0 Å². The second-order valence-corrected chi connectivity index (χ2v) is 7.99. The Labute approximate surface area is 170 Å². The van der Waals surface area contributed by atoms with E-state index in [9.17, 15) is 9.18 Å². The van der Waals surface area contributed by atoms with Gasteiger partial charge in [0.2, 0.25) is 5.88 Å². The van der Waals surface area contributed by atoms with Crippen molar-refractivity contribution < 1.29 is 18.7 Å². The number of nitrogens with zero attached hydrogens (tertiary/aromatic N) is 5. The Bertz CT molecular complexity index is 1180. The molecule has 1 aliphatic carbocycles. The molecule has 3 aliphatic rings. The molecule has 2 bridgehead atoms. The van der Waals surface area contributed by atoms with Gasteiger partial charge in [-0.2, -0.15) is 5.10 Å². The van der Waals surface area contributed by atoms with Crippen molar-refractivity contribution in [3.05, 3.63) is 41.6 Å². The molecule has 154 valence electrons. The molecule has 0 aromatic carbocycles. The average Bonchev–Trinajstić information content (AvgIpc) is 3.11. The van der Waals surface area contributed by atoms with Crippen molar-refractivity contribution in [1.29, 1.82) is 0 Å². The minimum atomic E-state index is -0.428. The second-order valence-electron chi connectivity index (χ2n) is 7.99. The lowest BCUT2D eigenvalue weighted by atomic mass is 9.86. The van der Waals surface area contributed by atoms with E-state index < -0.39 is 5.82 Å². The standard InChI is InChI=1S/C20H19FN6O3/c1-10-9-29-20-11(4-12(21)5-22-20)7-26-14-2-3-15(14)30-16-8-27-17(25-18(16)26)13(6-23-27)19(28)24-10/h4-6,8,10,14-15H,2-3,7,9H2,1H3,(H,24,28)/t10-,14+,15-/m1/s1. The number of anilines is 1. The van der Waals surface area contributed by atoms with Crippen LogP contribution in [0.3, 0.4) is 0 Å². The zero-order valence-corrected chi connectivity index (χ0v) is 16.2. The summed E-state index contributed by atoms with van der Waals surface area (Å²) in [7, 11) is 0. The highest BCUT2D eigenvalue weighted by Gasteiger charge is 2.44.